The third-order valence-corrected chi connectivity index (χ3v) is 4.97. The average Bonchev–Trinajstić information content (AvgIpc) is 3.08. The third-order valence-electron chi connectivity index (χ3n) is 4.22. The van der Waals surface area contributed by atoms with Crippen molar-refractivity contribution in [3.05, 3.63) is 72.6 Å². The molecular weight excluding hydrogens is 397 g/mol. The van der Waals surface area contributed by atoms with Gasteiger partial charge in [-0.05, 0) is 54.3 Å². The zero-order valence-electron chi connectivity index (χ0n) is 15.5. The molecule has 0 aliphatic carbocycles. The topological polar surface area (TPSA) is 80.7 Å². The number of fused-ring (bicyclic) bond motifs is 1. The Morgan fingerprint density at radius 3 is 2.17 bits per heavy atom. The molecule has 2 aromatic heterocycles. The first-order valence-electron chi connectivity index (χ1n) is 8.57. The van der Waals surface area contributed by atoms with Crippen LogP contribution in [0, 0.1) is 0 Å². The van der Waals surface area contributed by atoms with Crippen LogP contribution >= 0.6 is 11.8 Å². The highest BCUT2D eigenvalue weighted by molar-refractivity contribution is 7.98. The molecule has 29 heavy (non-hydrogen) atoms. The van der Waals surface area contributed by atoms with Gasteiger partial charge in [-0.15, -0.1) is 11.8 Å². The number of hydrogen-bond donors (Lipinski definition) is 3. The highest BCUT2D eigenvalue weighted by Gasteiger charge is 2.29. The number of anilines is 2. The number of nitrogens with zero attached hydrogens (tertiary/aromatic N) is 1. The lowest BCUT2D eigenvalue weighted by Crippen LogP contribution is -2.04. The molecular formula is C21H19F3N4S. The Kier molecular flexibility index (Phi) is 6.03. The monoisotopic (exact) mass is 416 g/mol. The lowest BCUT2D eigenvalue weighted by molar-refractivity contribution is -0.137. The van der Waals surface area contributed by atoms with Gasteiger partial charge in [-0.25, -0.2) is 4.98 Å². The summed E-state index contributed by atoms with van der Waals surface area (Å²) in [5.41, 5.74) is 14.6. The quantitative estimate of drug-likeness (QED) is 0.284. The average molecular weight is 416 g/mol. The molecule has 0 radical (unpaired) electrons. The summed E-state index contributed by atoms with van der Waals surface area (Å²) in [6, 6.07) is 14.9. The number of benzene rings is 2. The summed E-state index contributed by atoms with van der Waals surface area (Å²) in [6.07, 6.45) is 1.45. The van der Waals surface area contributed by atoms with E-state index in [9.17, 15) is 13.2 Å². The third kappa shape index (κ3) is 5.03. The van der Waals surface area contributed by atoms with Crippen molar-refractivity contribution in [3.63, 3.8) is 0 Å². The Hall–Kier alpha value is -3.13. The fourth-order valence-corrected chi connectivity index (χ4v) is 3.05. The lowest BCUT2D eigenvalue weighted by Gasteiger charge is -2.05. The summed E-state index contributed by atoms with van der Waals surface area (Å²) >= 11 is 1.74. The molecule has 4 nitrogen and oxygen atoms in total. The largest absolute Gasteiger partial charge is 0.416 e. The number of H-pyrrole nitrogens is 1. The Balaban J connectivity index is 0.000000188. The van der Waals surface area contributed by atoms with Crippen molar-refractivity contribution in [1.29, 1.82) is 0 Å². The number of aromatic nitrogens is 2. The smallest absolute Gasteiger partial charge is 0.399 e. The highest BCUT2D eigenvalue weighted by atomic mass is 32.2. The molecule has 0 saturated carbocycles. The number of pyridine rings is 1. The minimum atomic E-state index is -4.27. The van der Waals surface area contributed by atoms with Crippen LogP contribution in [-0.4, -0.2) is 16.2 Å². The van der Waals surface area contributed by atoms with Crippen molar-refractivity contribution in [2.75, 3.05) is 17.7 Å². The van der Waals surface area contributed by atoms with Gasteiger partial charge in [0.25, 0.3) is 0 Å². The van der Waals surface area contributed by atoms with E-state index >= 15 is 0 Å². The van der Waals surface area contributed by atoms with Gasteiger partial charge in [-0.3, -0.25) is 0 Å². The Morgan fingerprint density at radius 1 is 0.931 bits per heavy atom. The maximum Gasteiger partial charge on any atom is 0.416 e. The second-order valence-corrected chi connectivity index (χ2v) is 7.09. The van der Waals surface area contributed by atoms with Crippen molar-refractivity contribution >= 4 is 34.2 Å². The molecule has 0 spiro atoms. The molecule has 0 saturated heterocycles. The van der Waals surface area contributed by atoms with Crippen molar-refractivity contribution in [1.82, 2.24) is 9.97 Å². The molecule has 0 unspecified atom stereocenters. The maximum absolute atomic E-state index is 11.9. The van der Waals surface area contributed by atoms with Crippen LogP contribution in [0.5, 0.6) is 0 Å². The maximum atomic E-state index is 11.9. The van der Waals surface area contributed by atoms with E-state index in [4.69, 9.17) is 11.5 Å². The number of aromatic amines is 1. The molecule has 0 amide bonds. The molecule has 2 aromatic carbocycles. The summed E-state index contributed by atoms with van der Waals surface area (Å²) in [6.45, 7) is 0. The van der Waals surface area contributed by atoms with E-state index in [1.807, 2.05) is 6.20 Å². The Bertz CT molecular complexity index is 1090. The number of nitrogen functional groups attached to an aromatic ring is 2. The summed E-state index contributed by atoms with van der Waals surface area (Å²) in [5, 5.41) is 0.974. The number of hydrogen-bond acceptors (Lipinski definition) is 4. The molecule has 8 heteroatoms. The fourth-order valence-electron chi connectivity index (χ4n) is 2.64. The van der Waals surface area contributed by atoms with Gasteiger partial charge >= 0.3 is 6.18 Å². The molecule has 0 bridgehead atoms. The first-order chi connectivity index (χ1) is 13.8. The number of nitrogens with one attached hydrogen (secondary N) is 1. The Labute approximate surface area is 170 Å². The molecule has 0 aliphatic heterocycles. The zero-order chi connectivity index (χ0) is 21.0. The van der Waals surface area contributed by atoms with Crippen molar-refractivity contribution in [2.24, 2.45) is 0 Å². The van der Waals surface area contributed by atoms with E-state index in [-0.39, 0.29) is 0 Å². The highest BCUT2D eigenvalue weighted by Crippen LogP contribution is 2.29. The second-order valence-electron chi connectivity index (χ2n) is 6.21. The van der Waals surface area contributed by atoms with Crippen molar-refractivity contribution in [3.8, 4) is 11.1 Å². The van der Waals surface area contributed by atoms with Crippen LogP contribution in [0.3, 0.4) is 0 Å². The van der Waals surface area contributed by atoms with Crippen molar-refractivity contribution in [2.45, 2.75) is 11.1 Å². The normalized spacial score (nSPS) is 11.2. The van der Waals surface area contributed by atoms with E-state index < -0.39 is 11.7 Å². The predicted molar refractivity (Wildman–Crippen MR) is 114 cm³/mol. The van der Waals surface area contributed by atoms with Gasteiger partial charge in [0.2, 0.25) is 0 Å². The molecule has 4 aromatic rings. The van der Waals surface area contributed by atoms with E-state index in [0.717, 1.165) is 40.0 Å². The van der Waals surface area contributed by atoms with Crippen LogP contribution in [0.15, 0.2) is 71.9 Å². The standard InChI is InChI=1S/C14H13N3S.C7H6F3N/c1-18-11-4-2-9(3-5-11)10-6-12-13(15)8-17-14(12)16-7-10;8-7(9,10)5-1-3-6(11)4-2-5/h2-8H,15H2,1H3,(H,16,17);1-4H,11H2. The van der Waals surface area contributed by atoms with E-state index in [0.29, 0.717) is 5.69 Å². The van der Waals surface area contributed by atoms with Crippen LogP contribution < -0.4 is 11.5 Å². The Morgan fingerprint density at radius 2 is 1.59 bits per heavy atom. The number of alkyl halides is 3. The number of halogens is 3. The minimum absolute atomic E-state index is 0.331. The molecule has 5 N–H and O–H groups in total. The molecule has 0 fully saturated rings. The van der Waals surface area contributed by atoms with Gasteiger partial charge in [0.05, 0.1) is 11.3 Å². The predicted octanol–water partition coefficient (Wildman–Crippen LogP) is 5.82. The molecule has 4 rings (SSSR count). The van der Waals surface area contributed by atoms with E-state index in [1.54, 1.807) is 18.0 Å². The summed E-state index contributed by atoms with van der Waals surface area (Å²) in [7, 11) is 0. The van der Waals surface area contributed by atoms with Crippen molar-refractivity contribution < 1.29 is 13.2 Å². The first kappa shape index (κ1) is 20.6. The van der Waals surface area contributed by atoms with Gasteiger partial charge in [0, 0.05) is 33.9 Å². The van der Waals surface area contributed by atoms with Crippen LogP contribution in [0.4, 0.5) is 24.5 Å². The molecule has 2 heterocycles. The lowest BCUT2D eigenvalue weighted by atomic mass is 10.1. The number of rotatable bonds is 2. The summed E-state index contributed by atoms with van der Waals surface area (Å²) in [4.78, 5) is 8.68. The first-order valence-corrected chi connectivity index (χ1v) is 9.80. The molecule has 0 atom stereocenters. The number of thioether (sulfide) groups is 1. The van der Waals surface area contributed by atoms with E-state index in [1.165, 1.54) is 17.0 Å². The van der Waals surface area contributed by atoms with E-state index in [2.05, 4.69) is 46.6 Å². The van der Waals surface area contributed by atoms with Gasteiger partial charge in [-0.1, -0.05) is 12.1 Å². The molecule has 150 valence electrons. The van der Waals surface area contributed by atoms with Crippen LogP contribution in [0.1, 0.15) is 5.56 Å². The fraction of sp³-hybridized carbons (Fsp3) is 0.0952. The minimum Gasteiger partial charge on any atom is -0.399 e. The number of nitrogens with two attached hydrogens (primary N) is 2. The summed E-state index contributed by atoms with van der Waals surface area (Å²) in [5.74, 6) is 0. The van der Waals surface area contributed by atoms with Crippen LogP contribution in [0.2, 0.25) is 0 Å². The van der Waals surface area contributed by atoms with Gasteiger partial charge in [-0.2, -0.15) is 13.2 Å². The van der Waals surface area contributed by atoms with Gasteiger partial charge in [0.15, 0.2) is 0 Å². The SMILES string of the molecule is CSc1ccc(-c2cnc3[nH]cc(N)c3c2)cc1.Nc1ccc(C(F)(F)F)cc1. The van der Waals surface area contributed by atoms with Crippen LogP contribution in [0.25, 0.3) is 22.2 Å². The second kappa shape index (κ2) is 8.48. The van der Waals surface area contributed by atoms with Crippen LogP contribution in [-0.2, 0) is 6.18 Å². The van der Waals surface area contributed by atoms with Gasteiger partial charge in [0.1, 0.15) is 5.65 Å². The molecule has 0 aliphatic rings. The van der Waals surface area contributed by atoms with Gasteiger partial charge < -0.3 is 16.5 Å². The summed E-state index contributed by atoms with van der Waals surface area (Å²) < 4.78 is 35.6. The zero-order valence-corrected chi connectivity index (χ0v) is 16.3.